The van der Waals surface area contributed by atoms with E-state index in [2.05, 4.69) is 5.32 Å². The van der Waals surface area contributed by atoms with E-state index in [1.54, 1.807) is 41.8 Å². The Morgan fingerprint density at radius 2 is 1.91 bits per heavy atom. The molecule has 1 aromatic heterocycles. The highest BCUT2D eigenvalue weighted by Gasteiger charge is 2.19. The van der Waals surface area contributed by atoms with Crippen LogP contribution in [-0.4, -0.2) is 23.1 Å². The van der Waals surface area contributed by atoms with Gasteiger partial charge in [0.1, 0.15) is 5.75 Å². The standard InChI is InChI=1S/C17H19NO4S/c1-11(2)22-13-7-5-12(6-8-13)14(10-16(19)20)18-17(21)15-4-3-9-23-15/h3-9,11,14H,10H2,1-2H3,(H,18,21)(H,19,20)/t14-/m0/s1. The van der Waals surface area contributed by atoms with Gasteiger partial charge in [-0.25, -0.2) is 0 Å². The highest BCUT2D eigenvalue weighted by Crippen LogP contribution is 2.22. The van der Waals surface area contributed by atoms with Crippen molar-refractivity contribution in [3.05, 3.63) is 52.2 Å². The number of rotatable bonds is 7. The second-order valence-electron chi connectivity index (χ2n) is 5.34. The SMILES string of the molecule is CC(C)Oc1ccc([C@H](CC(=O)O)NC(=O)c2cccs2)cc1. The third kappa shape index (κ3) is 5.10. The van der Waals surface area contributed by atoms with Crippen LogP contribution < -0.4 is 10.1 Å². The summed E-state index contributed by atoms with van der Waals surface area (Å²) in [6.07, 6.45) is -0.115. The predicted molar refractivity (Wildman–Crippen MR) is 89.0 cm³/mol. The van der Waals surface area contributed by atoms with Crippen LogP contribution in [0, 0.1) is 0 Å². The largest absolute Gasteiger partial charge is 0.491 e. The molecule has 1 amide bonds. The Morgan fingerprint density at radius 3 is 2.43 bits per heavy atom. The van der Waals surface area contributed by atoms with Gasteiger partial charge in [-0.2, -0.15) is 0 Å². The number of carbonyl (C=O) groups excluding carboxylic acids is 1. The molecule has 0 aliphatic heterocycles. The molecule has 0 saturated carbocycles. The lowest BCUT2D eigenvalue weighted by atomic mass is 10.0. The van der Waals surface area contributed by atoms with E-state index >= 15 is 0 Å². The fraction of sp³-hybridized carbons (Fsp3) is 0.294. The van der Waals surface area contributed by atoms with Gasteiger partial charge < -0.3 is 15.2 Å². The van der Waals surface area contributed by atoms with Crippen molar-refractivity contribution in [3.8, 4) is 5.75 Å². The number of carboxylic acids is 1. The summed E-state index contributed by atoms with van der Waals surface area (Å²) >= 11 is 1.32. The Balaban J connectivity index is 2.14. The van der Waals surface area contributed by atoms with Crippen molar-refractivity contribution in [1.29, 1.82) is 0 Å². The third-order valence-electron chi connectivity index (χ3n) is 3.08. The summed E-state index contributed by atoms with van der Waals surface area (Å²) in [5.74, 6) is -0.528. The molecule has 0 bridgehead atoms. The molecular formula is C17H19NO4S. The van der Waals surface area contributed by atoms with Gasteiger partial charge in [0, 0.05) is 0 Å². The number of amides is 1. The topological polar surface area (TPSA) is 75.6 Å². The van der Waals surface area contributed by atoms with E-state index in [9.17, 15) is 9.59 Å². The van der Waals surface area contributed by atoms with Crippen molar-refractivity contribution in [3.63, 3.8) is 0 Å². The van der Waals surface area contributed by atoms with Crippen LogP contribution in [0.25, 0.3) is 0 Å². The molecule has 0 aliphatic rings. The molecular weight excluding hydrogens is 314 g/mol. The van der Waals surface area contributed by atoms with Crippen LogP contribution in [0.3, 0.4) is 0 Å². The minimum absolute atomic E-state index is 0.0641. The minimum atomic E-state index is -0.969. The van der Waals surface area contributed by atoms with Crippen LogP contribution >= 0.6 is 11.3 Å². The Labute approximate surface area is 138 Å². The molecule has 1 heterocycles. The number of hydrogen-bond donors (Lipinski definition) is 2. The van der Waals surface area contributed by atoms with Gasteiger partial charge in [0.25, 0.3) is 5.91 Å². The second-order valence-corrected chi connectivity index (χ2v) is 6.28. The smallest absolute Gasteiger partial charge is 0.305 e. The van der Waals surface area contributed by atoms with Crippen LogP contribution in [-0.2, 0) is 4.79 Å². The normalized spacial score (nSPS) is 12.0. The van der Waals surface area contributed by atoms with Crippen LogP contribution in [0.2, 0.25) is 0 Å². The average Bonchev–Trinajstić information content (AvgIpc) is 3.00. The molecule has 0 saturated heterocycles. The fourth-order valence-electron chi connectivity index (χ4n) is 2.11. The third-order valence-corrected chi connectivity index (χ3v) is 3.95. The number of aliphatic carboxylic acids is 1. The predicted octanol–water partition coefficient (Wildman–Crippen LogP) is 3.48. The van der Waals surface area contributed by atoms with E-state index in [1.807, 2.05) is 13.8 Å². The minimum Gasteiger partial charge on any atom is -0.491 e. The van der Waals surface area contributed by atoms with Crippen LogP contribution in [0.15, 0.2) is 41.8 Å². The average molecular weight is 333 g/mol. The summed E-state index contributed by atoms with van der Waals surface area (Å²) in [4.78, 5) is 23.8. The molecule has 0 spiro atoms. The number of benzene rings is 1. The van der Waals surface area contributed by atoms with E-state index < -0.39 is 12.0 Å². The molecule has 0 fully saturated rings. The summed E-state index contributed by atoms with van der Waals surface area (Å²) in [5.41, 5.74) is 0.730. The zero-order valence-electron chi connectivity index (χ0n) is 13.0. The molecule has 2 aromatic rings. The van der Waals surface area contributed by atoms with Crippen molar-refractivity contribution < 1.29 is 19.4 Å². The Morgan fingerprint density at radius 1 is 1.22 bits per heavy atom. The van der Waals surface area contributed by atoms with Crippen molar-refractivity contribution in [1.82, 2.24) is 5.32 Å². The van der Waals surface area contributed by atoms with Gasteiger partial charge in [-0.1, -0.05) is 18.2 Å². The van der Waals surface area contributed by atoms with E-state index in [1.165, 1.54) is 11.3 Å². The highest BCUT2D eigenvalue weighted by molar-refractivity contribution is 7.12. The first kappa shape index (κ1) is 17.0. The van der Waals surface area contributed by atoms with E-state index in [4.69, 9.17) is 9.84 Å². The molecule has 6 heteroatoms. The molecule has 0 unspecified atom stereocenters. The zero-order valence-corrected chi connectivity index (χ0v) is 13.8. The van der Waals surface area contributed by atoms with Gasteiger partial charge in [-0.3, -0.25) is 9.59 Å². The van der Waals surface area contributed by atoms with E-state index in [-0.39, 0.29) is 18.4 Å². The first-order valence-electron chi connectivity index (χ1n) is 7.28. The molecule has 0 radical (unpaired) electrons. The summed E-state index contributed by atoms with van der Waals surface area (Å²) in [6, 6.07) is 10.0. The number of nitrogens with one attached hydrogen (secondary N) is 1. The summed E-state index contributed by atoms with van der Waals surface area (Å²) in [7, 11) is 0. The lowest BCUT2D eigenvalue weighted by Crippen LogP contribution is -2.29. The highest BCUT2D eigenvalue weighted by atomic mass is 32.1. The van der Waals surface area contributed by atoms with Gasteiger partial charge in [0.15, 0.2) is 0 Å². The fourth-order valence-corrected chi connectivity index (χ4v) is 2.74. The molecule has 2 rings (SSSR count). The molecule has 1 atom stereocenters. The van der Waals surface area contributed by atoms with Crippen LogP contribution in [0.5, 0.6) is 5.75 Å². The lowest BCUT2D eigenvalue weighted by molar-refractivity contribution is -0.137. The van der Waals surface area contributed by atoms with Gasteiger partial charge in [0.2, 0.25) is 0 Å². The van der Waals surface area contributed by atoms with Crippen molar-refractivity contribution in [2.45, 2.75) is 32.4 Å². The summed E-state index contributed by atoms with van der Waals surface area (Å²) in [5, 5.41) is 13.7. The molecule has 1 aromatic carbocycles. The molecule has 122 valence electrons. The van der Waals surface area contributed by atoms with E-state index in [0.29, 0.717) is 10.6 Å². The van der Waals surface area contributed by atoms with Gasteiger partial charge in [0.05, 0.1) is 23.4 Å². The van der Waals surface area contributed by atoms with Crippen molar-refractivity contribution in [2.24, 2.45) is 0 Å². The molecule has 0 aliphatic carbocycles. The van der Waals surface area contributed by atoms with Crippen molar-refractivity contribution in [2.75, 3.05) is 0 Å². The number of carbonyl (C=O) groups is 2. The first-order valence-corrected chi connectivity index (χ1v) is 8.16. The number of hydrogen-bond acceptors (Lipinski definition) is 4. The zero-order chi connectivity index (χ0) is 16.8. The Bertz CT molecular complexity index is 650. The molecule has 2 N–H and O–H groups in total. The maximum Gasteiger partial charge on any atom is 0.305 e. The van der Waals surface area contributed by atoms with Gasteiger partial charge in [-0.15, -0.1) is 11.3 Å². The second kappa shape index (κ2) is 7.78. The Kier molecular flexibility index (Phi) is 5.76. The number of ether oxygens (including phenoxy) is 1. The maximum absolute atomic E-state index is 12.2. The van der Waals surface area contributed by atoms with Crippen LogP contribution in [0.1, 0.15) is 41.5 Å². The Hall–Kier alpha value is -2.34. The number of thiophene rings is 1. The summed E-state index contributed by atoms with van der Waals surface area (Å²) < 4.78 is 5.57. The van der Waals surface area contributed by atoms with E-state index in [0.717, 1.165) is 5.56 Å². The van der Waals surface area contributed by atoms with Gasteiger partial charge >= 0.3 is 5.97 Å². The first-order chi connectivity index (χ1) is 11.0. The monoisotopic (exact) mass is 333 g/mol. The molecule has 23 heavy (non-hydrogen) atoms. The maximum atomic E-state index is 12.2. The molecule has 5 nitrogen and oxygen atoms in total. The van der Waals surface area contributed by atoms with Crippen LogP contribution in [0.4, 0.5) is 0 Å². The van der Waals surface area contributed by atoms with Crippen molar-refractivity contribution >= 4 is 23.2 Å². The quantitative estimate of drug-likeness (QED) is 0.813. The summed E-state index contributed by atoms with van der Waals surface area (Å²) in [6.45, 7) is 3.87. The lowest BCUT2D eigenvalue weighted by Gasteiger charge is -2.18. The number of carboxylic acid groups (broad SMARTS) is 1. The van der Waals surface area contributed by atoms with Gasteiger partial charge in [-0.05, 0) is 43.0 Å².